The predicted octanol–water partition coefficient (Wildman–Crippen LogP) is 4.55. The van der Waals surface area contributed by atoms with Crippen molar-refractivity contribution in [3.05, 3.63) is 77.1 Å². The molecule has 0 aliphatic rings. The quantitative estimate of drug-likeness (QED) is 0.566. The zero-order valence-electron chi connectivity index (χ0n) is 12.6. The molecule has 0 saturated carbocycles. The lowest BCUT2D eigenvalue weighted by Gasteiger charge is -2.05. The summed E-state index contributed by atoms with van der Waals surface area (Å²) in [4.78, 5) is 8.81. The van der Waals surface area contributed by atoms with Crippen molar-refractivity contribution < 1.29 is 0 Å². The van der Waals surface area contributed by atoms with Crippen LogP contribution in [0.1, 0.15) is 11.4 Å². The van der Waals surface area contributed by atoms with E-state index in [4.69, 9.17) is 11.6 Å². The van der Waals surface area contributed by atoms with Crippen LogP contribution in [0.25, 0.3) is 11.3 Å². The van der Waals surface area contributed by atoms with Gasteiger partial charge in [0.1, 0.15) is 11.6 Å². The number of nitrogens with zero attached hydrogens (tertiary/aromatic N) is 3. The van der Waals surface area contributed by atoms with Gasteiger partial charge in [0.05, 0.1) is 11.9 Å². The molecule has 1 heterocycles. The summed E-state index contributed by atoms with van der Waals surface area (Å²) >= 11 is 5.95. The second kappa shape index (κ2) is 7.03. The fraction of sp³-hybridized carbons (Fsp3) is 0.0556. The molecule has 23 heavy (non-hydrogen) atoms. The molecule has 0 amide bonds. The molecule has 114 valence electrons. The molecule has 2 aromatic carbocycles. The number of rotatable bonds is 4. The van der Waals surface area contributed by atoms with Crippen LogP contribution in [0.3, 0.4) is 0 Å². The Labute approximate surface area is 139 Å². The molecule has 0 aliphatic carbocycles. The SMILES string of the molecule is Cc1nc(NN=Cc2cccc(Cl)c2)cc(-c2ccccc2)n1. The summed E-state index contributed by atoms with van der Waals surface area (Å²) in [5, 5.41) is 4.88. The van der Waals surface area contributed by atoms with Gasteiger partial charge >= 0.3 is 0 Å². The van der Waals surface area contributed by atoms with Crippen molar-refractivity contribution in [1.82, 2.24) is 9.97 Å². The first-order valence-corrected chi connectivity index (χ1v) is 7.54. The van der Waals surface area contributed by atoms with Crippen molar-refractivity contribution in [1.29, 1.82) is 0 Å². The highest BCUT2D eigenvalue weighted by Crippen LogP contribution is 2.19. The summed E-state index contributed by atoms with van der Waals surface area (Å²) in [5.74, 6) is 1.33. The van der Waals surface area contributed by atoms with Gasteiger partial charge in [-0.15, -0.1) is 0 Å². The van der Waals surface area contributed by atoms with Gasteiger partial charge in [-0.05, 0) is 24.6 Å². The summed E-state index contributed by atoms with van der Waals surface area (Å²) in [7, 11) is 0. The van der Waals surface area contributed by atoms with Gasteiger partial charge in [0.2, 0.25) is 0 Å². The Bertz CT molecular complexity index is 831. The Morgan fingerprint density at radius 1 is 1.00 bits per heavy atom. The number of anilines is 1. The highest BCUT2D eigenvalue weighted by molar-refractivity contribution is 6.30. The Morgan fingerprint density at radius 2 is 1.83 bits per heavy atom. The van der Waals surface area contributed by atoms with Crippen LogP contribution in [0, 0.1) is 6.92 Å². The van der Waals surface area contributed by atoms with Gasteiger partial charge in [-0.3, -0.25) is 5.43 Å². The van der Waals surface area contributed by atoms with E-state index in [0.717, 1.165) is 16.8 Å². The molecular weight excluding hydrogens is 308 g/mol. The number of hydrazone groups is 1. The van der Waals surface area contributed by atoms with Crippen LogP contribution in [0.4, 0.5) is 5.82 Å². The molecule has 0 fully saturated rings. The first-order valence-electron chi connectivity index (χ1n) is 7.16. The molecule has 1 N–H and O–H groups in total. The number of aromatic nitrogens is 2. The van der Waals surface area contributed by atoms with Gasteiger partial charge in [-0.25, -0.2) is 9.97 Å². The lowest BCUT2D eigenvalue weighted by atomic mass is 10.1. The molecule has 0 unspecified atom stereocenters. The van der Waals surface area contributed by atoms with Gasteiger partial charge < -0.3 is 0 Å². The first-order chi connectivity index (χ1) is 11.2. The summed E-state index contributed by atoms with van der Waals surface area (Å²) in [6.07, 6.45) is 1.70. The average molecular weight is 323 g/mol. The third kappa shape index (κ3) is 4.14. The minimum Gasteiger partial charge on any atom is -0.261 e. The highest BCUT2D eigenvalue weighted by Gasteiger charge is 2.03. The van der Waals surface area contributed by atoms with E-state index in [-0.39, 0.29) is 0 Å². The van der Waals surface area contributed by atoms with Crippen molar-refractivity contribution in [2.75, 3.05) is 5.43 Å². The number of halogens is 1. The minimum atomic E-state index is 0.648. The van der Waals surface area contributed by atoms with Gasteiger partial charge in [-0.2, -0.15) is 5.10 Å². The number of nitrogens with one attached hydrogen (secondary N) is 1. The maximum atomic E-state index is 5.95. The lowest BCUT2D eigenvalue weighted by molar-refractivity contribution is 1.05. The monoisotopic (exact) mass is 322 g/mol. The normalized spacial score (nSPS) is 10.9. The number of aryl methyl sites for hydroxylation is 1. The largest absolute Gasteiger partial charge is 0.261 e. The standard InChI is InChI=1S/C18H15ClN4/c1-13-21-17(15-7-3-2-4-8-15)11-18(22-13)23-20-12-14-6-5-9-16(19)10-14/h2-12H,1H3,(H,21,22,23). The van der Waals surface area contributed by atoms with Gasteiger partial charge in [-0.1, -0.05) is 54.1 Å². The zero-order chi connectivity index (χ0) is 16.1. The molecule has 0 bridgehead atoms. The molecule has 0 spiro atoms. The number of hydrogen-bond acceptors (Lipinski definition) is 4. The molecule has 5 heteroatoms. The van der Waals surface area contributed by atoms with Crippen molar-refractivity contribution in [2.45, 2.75) is 6.92 Å². The van der Waals surface area contributed by atoms with Crippen LogP contribution >= 0.6 is 11.6 Å². The molecule has 0 atom stereocenters. The number of hydrogen-bond donors (Lipinski definition) is 1. The maximum absolute atomic E-state index is 5.95. The van der Waals surface area contributed by atoms with E-state index < -0.39 is 0 Å². The van der Waals surface area contributed by atoms with Gasteiger partial charge in [0.15, 0.2) is 0 Å². The minimum absolute atomic E-state index is 0.648. The maximum Gasteiger partial charge on any atom is 0.150 e. The van der Waals surface area contributed by atoms with E-state index in [2.05, 4.69) is 20.5 Å². The highest BCUT2D eigenvalue weighted by atomic mass is 35.5. The van der Waals surface area contributed by atoms with Crippen LogP contribution in [0.5, 0.6) is 0 Å². The molecule has 0 radical (unpaired) electrons. The Morgan fingerprint density at radius 3 is 2.61 bits per heavy atom. The topological polar surface area (TPSA) is 50.2 Å². The van der Waals surface area contributed by atoms with Crippen molar-refractivity contribution >= 4 is 23.6 Å². The summed E-state index contributed by atoms with van der Waals surface area (Å²) in [5.41, 5.74) is 5.76. The van der Waals surface area contributed by atoms with E-state index in [1.54, 1.807) is 6.21 Å². The van der Waals surface area contributed by atoms with Crippen LogP contribution in [-0.4, -0.2) is 16.2 Å². The fourth-order valence-corrected chi connectivity index (χ4v) is 2.34. The second-order valence-electron chi connectivity index (χ2n) is 4.98. The van der Waals surface area contributed by atoms with Crippen LogP contribution in [0.15, 0.2) is 65.8 Å². The summed E-state index contributed by atoms with van der Waals surface area (Å²) in [6, 6.07) is 19.3. The summed E-state index contributed by atoms with van der Waals surface area (Å²) < 4.78 is 0. The average Bonchev–Trinajstić information content (AvgIpc) is 2.55. The first kappa shape index (κ1) is 15.2. The molecule has 0 saturated heterocycles. The van der Waals surface area contributed by atoms with Gasteiger partial charge in [0, 0.05) is 16.7 Å². The van der Waals surface area contributed by atoms with Crippen LogP contribution in [0.2, 0.25) is 5.02 Å². The molecular formula is C18H15ClN4. The second-order valence-corrected chi connectivity index (χ2v) is 5.41. The van der Waals surface area contributed by atoms with Crippen LogP contribution < -0.4 is 5.43 Å². The van der Waals surface area contributed by atoms with Crippen molar-refractivity contribution in [2.24, 2.45) is 5.10 Å². The predicted molar refractivity (Wildman–Crippen MR) is 94.9 cm³/mol. The van der Waals surface area contributed by atoms with Crippen LogP contribution in [-0.2, 0) is 0 Å². The van der Waals surface area contributed by atoms with Crippen molar-refractivity contribution in [3.63, 3.8) is 0 Å². The molecule has 3 rings (SSSR count). The Balaban J connectivity index is 1.79. The number of benzene rings is 2. The Hall–Kier alpha value is -2.72. The van der Waals surface area contributed by atoms with Gasteiger partial charge in [0.25, 0.3) is 0 Å². The fourth-order valence-electron chi connectivity index (χ4n) is 2.14. The lowest BCUT2D eigenvalue weighted by Crippen LogP contribution is -1.98. The van der Waals surface area contributed by atoms with Crippen molar-refractivity contribution in [3.8, 4) is 11.3 Å². The Kier molecular flexibility index (Phi) is 4.64. The molecule has 3 aromatic rings. The molecule has 1 aromatic heterocycles. The molecule has 0 aliphatic heterocycles. The zero-order valence-corrected chi connectivity index (χ0v) is 13.3. The van der Waals surface area contributed by atoms with E-state index in [0.29, 0.717) is 16.7 Å². The third-order valence-electron chi connectivity index (χ3n) is 3.15. The van der Waals surface area contributed by atoms with E-state index in [9.17, 15) is 0 Å². The summed E-state index contributed by atoms with van der Waals surface area (Å²) in [6.45, 7) is 1.86. The van der Waals surface area contributed by atoms with E-state index in [1.807, 2.05) is 67.6 Å². The van der Waals surface area contributed by atoms with E-state index >= 15 is 0 Å². The molecule has 4 nitrogen and oxygen atoms in total. The van der Waals surface area contributed by atoms with E-state index in [1.165, 1.54) is 0 Å². The third-order valence-corrected chi connectivity index (χ3v) is 3.38. The smallest absolute Gasteiger partial charge is 0.150 e.